The van der Waals surface area contributed by atoms with E-state index in [1.807, 2.05) is 6.07 Å². The number of anilines is 1. The van der Waals surface area contributed by atoms with Crippen molar-refractivity contribution >= 4 is 17.4 Å². The Morgan fingerprint density at radius 2 is 1.86 bits per heavy atom. The Hall–Kier alpha value is -0.830. The van der Waals surface area contributed by atoms with E-state index in [4.69, 9.17) is 11.6 Å². The van der Waals surface area contributed by atoms with Crippen LogP contribution in [-0.4, -0.2) is 16.5 Å². The lowest BCUT2D eigenvalue weighted by atomic mass is 9.78. The minimum absolute atomic E-state index is 0.292. The molecule has 0 aliphatic heterocycles. The molecule has 4 heteroatoms. The van der Waals surface area contributed by atoms with E-state index in [1.54, 1.807) is 0 Å². The zero-order valence-corrected chi connectivity index (χ0v) is 14.5. The number of halogens is 1. The molecule has 1 N–H and O–H groups in total. The van der Waals surface area contributed by atoms with Gasteiger partial charge in [-0.25, -0.2) is 9.97 Å². The van der Waals surface area contributed by atoms with Crippen LogP contribution in [0.15, 0.2) is 6.07 Å². The molecule has 118 valence electrons. The Labute approximate surface area is 133 Å². The molecule has 0 saturated heterocycles. The first-order valence-electron chi connectivity index (χ1n) is 8.18. The minimum atomic E-state index is 0.292. The van der Waals surface area contributed by atoms with Gasteiger partial charge >= 0.3 is 0 Å². The molecular formula is C17H28ClN3. The van der Waals surface area contributed by atoms with Gasteiger partial charge in [-0.2, -0.15) is 0 Å². The Balaban J connectivity index is 2.07. The summed E-state index contributed by atoms with van der Waals surface area (Å²) < 4.78 is 0. The van der Waals surface area contributed by atoms with Gasteiger partial charge in [0.1, 0.15) is 16.8 Å². The molecule has 1 heterocycles. The second-order valence-corrected chi connectivity index (χ2v) is 7.63. The van der Waals surface area contributed by atoms with E-state index in [9.17, 15) is 0 Å². The molecule has 0 atom stereocenters. The maximum absolute atomic E-state index is 6.12. The molecule has 1 aliphatic carbocycles. The van der Waals surface area contributed by atoms with Crippen molar-refractivity contribution in [3.8, 4) is 0 Å². The first kappa shape index (κ1) is 16.5. The van der Waals surface area contributed by atoms with Crippen molar-refractivity contribution in [2.75, 3.05) is 11.9 Å². The third kappa shape index (κ3) is 4.57. The van der Waals surface area contributed by atoms with Gasteiger partial charge in [-0.15, -0.1) is 0 Å². The van der Waals surface area contributed by atoms with Crippen LogP contribution in [0.5, 0.6) is 0 Å². The first-order chi connectivity index (χ1) is 9.90. The number of hydrogen-bond donors (Lipinski definition) is 1. The molecule has 21 heavy (non-hydrogen) atoms. The van der Waals surface area contributed by atoms with Crippen molar-refractivity contribution in [3.05, 3.63) is 17.0 Å². The molecule has 0 aromatic carbocycles. The fourth-order valence-corrected chi connectivity index (χ4v) is 3.70. The molecule has 1 fully saturated rings. The summed E-state index contributed by atoms with van der Waals surface area (Å²) in [5, 5.41) is 4.06. The van der Waals surface area contributed by atoms with E-state index >= 15 is 0 Å². The van der Waals surface area contributed by atoms with E-state index < -0.39 is 0 Å². The second-order valence-electron chi connectivity index (χ2n) is 7.25. The van der Waals surface area contributed by atoms with Crippen LogP contribution in [0.2, 0.25) is 5.15 Å². The average molecular weight is 310 g/mol. The van der Waals surface area contributed by atoms with Crippen LogP contribution >= 0.6 is 11.6 Å². The number of aromatic nitrogens is 2. The Bertz CT molecular complexity index is 465. The predicted molar refractivity (Wildman–Crippen MR) is 90.0 cm³/mol. The molecule has 1 aromatic rings. The highest BCUT2D eigenvalue weighted by molar-refractivity contribution is 6.29. The van der Waals surface area contributed by atoms with Gasteiger partial charge in [0.25, 0.3) is 0 Å². The van der Waals surface area contributed by atoms with Crippen LogP contribution in [0.1, 0.15) is 71.5 Å². The Morgan fingerprint density at radius 3 is 2.43 bits per heavy atom. The van der Waals surface area contributed by atoms with Gasteiger partial charge < -0.3 is 5.32 Å². The quantitative estimate of drug-likeness (QED) is 0.727. The average Bonchev–Trinajstić information content (AvgIpc) is 2.84. The number of rotatable bonds is 6. The SMILES string of the molecule is CC(C)CC1(CNc2cc(Cl)nc(C(C)C)n2)CCCC1. The molecule has 0 spiro atoms. The first-order valence-corrected chi connectivity index (χ1v) is 8.56. The zero-order chi connectivity index (χ0) is 15.5. The van der Waals surface area contributed by atoms with Crippen LogP contribution in [-0.2, 0) is 0 Å². The smallest absolute Gasteiger partial charge is 0.135 e. The predicted octanol–water partition coefficient (Wildman–Crippen LogP) is 5.27. The van der Waals surface area contributed by atoms with Crippen molar-refractivity contribution in [3.63, 3.8) is 0 Å². The minimum Gasteiger partial charge on any atom is -0.369 e. The van der Waals surface area contributed by atoms with Crippen molar-refractivity contribution in [1.29, 1.82) is 0 Å². The largest absolute Gasteiger partial charge is 0.369 e. The Kier molecular flexibility index (Phi) is 5.48. The highest BCUT2D eigenvalue weighted by atomic mass is 35.5. The van der Waals surface area contributed by atoms with Gasteiger partial charge in [0, 0.05) is 18.5 Å². The highest BCUT2D eigenvalue weighted by Gasteiger charge is 2.34. The third-order valence-electron chi connectivity index (χ3n) is 4.38. The van der Waals surface area contributed by atoms with Crippen molar-refractivity contribution in [2.45, 2.75) is 65.7 Å². The summed E-state index contributed by atoms with van der Waals surface area (Å²) in [6.45, 7) is 9.81. The molecule has 1 saturated carbocycles. The van der Waals surface area contributed by atoms with Crippen LogP contribution in [0.25, 0.3) is 0 Å². The van der Waals surface area contributed by atoms with Crippen LogP contribution in [0.3, 0.4) is 0 Å². The monoisotopic (exact) mass is 309 g/mol. The summed E-state index contributed by atoms with van der Waals surface area (Å²) in [6, 6.07) is 1.84. The highest BCUT2D eigenvalue weighted by Crippen LogP contribution is 2.43. The van der Waals surface area contributed by atoms with Gasteiger partial charge in [0.05, 0.1) is 0 Å². The topological polar surface area (TPSA) is 37.8 Å². The van der Waals surface area contributed by atoms with E-state index in [0.29, 0.717) is 16.5 Å². The van der Waals surface area contributed by atoms with Gasteiger partial charge in [-0.05, 0) is 30.6 Å². The lowest BCUT2D eigenvalue weighted by Crippen LogP contribution is -2.29. The van der Waals surface area contributed by atoms with Crippen LogP contribution in [0, 0.1) is 11.3 Å². The maximum Gasteiger partial charge on any atom is 0.135 e. The fraction of sp³-hybridized carbons (Fsp3) is 0.765. The molecule has 0 radical (unpaired) electrons. The molecule has 0 amide bonds. The Morgan fingerprint density at radius 1 is 1.19 bits per heavy atom. The van der Waals surface area contributed by atoms with Gasteiger partial charge in [-0.1, -0.05) is 52.1 Å². The lowest BCUT2D eigenvalue weighted by molar-refractivity contribution is 0.252. The second kappa shape index (κ2) is 6.95. The van der Waals surface area contributed by atoms with Gasteiger partial charge in [0.2, 0.25) is 0 Å². The van der Waals surface area contributed by atoms with E-state index in [2.05, 4.69) is 43.0 Å². The molecule has 2 rings (SSSR count). The molecule has 0 bridgehead atoms. The van der Waals surface area contributed by atoms with E-state index in [1.165, 1.54) is 32.1 Å². The van der Waals surface area contributed by atoms with Crippen molar-refractivity contribution in [2.24, 2.45) is 11.3 Å². The zero-order valence-electron chi connectivity index (χ0n) is 13.7. The van der Waals surface area contributed by atoms with Gasteiger partial charge in [0.15, 0.2) is 0 Å². The van der Waals surface area contributed by atoms with Crippen molar-refractivity contribution in [1.82, 2.24) is 9.97 Å². The summed E-state index contributed by atoms with van der Waals surface area (Å²) >= 11 is 6.12. The normalized spacial score (nSPS) is 17.7. The van der Waals surface area contributed by atoms with E-state index in [-0.39, 0.29) is 0 Å². The molecular weight excluding hydrogens is 282 g/mol. The fourth-order valence-electron chi connectivity index (χ4n) is 3.51. The lowest BCUT2D eigenvalue weighted by Gasteiger charge is -2.31. The summed E-state index contributed by atoms with van der Waals surface area (Å²) in [5.41, 5.74) is 0.434. The summed E-state index contributed by atoms with van der Waals surface area (Å²) in [7, 11) is 0. The summed E-state index contributed by atoms with van der Waals surface area (Å²) in [6.07, 6.45) is 6.66. The number of nitrogens with zero attached hydrogens (tertiary/aromatic N) is 2. The summed E-state index contributed by atoms with van der Waals surface area (Å²) in [5.74, 6) is 2.72. The van der Waals surface area contributed by atoms with Crippen LogP contribution in [0.4, 0.5) is 5.82 Å². The molecule has 1 aromatic heterocycles. The van der Waals surface area contributed by atoms with Gasteiger partial charge in [-0.3, -0.25) is 0 Å². The number of hydrogen-bond acceptors (Lipinski definition) is 3. The number of nitrogens with one attached hydrogen (secondary N) is 1. The third-order valence-corrected chi connectivity index (χ3v) is 4.57. The molecule has 1 aliphatic rings. The van der Waals surface area contributed by atoms with E-state index in [0.717, 1.165) is 24.1 Å². The standard InChI is InChI=1S/C17H28ClN3/c1-12(2)10-17(7-5-6-8-17)11-19-15-9-14(18)20-16(21-15)13(3)4/h9,12-13H,5-8,10-11H2,1-4H3,(H,19,20,21). The van der Waals surface area contributed by atoms with Crippen LogP contribution < -0.4 is 5.32 Å². The molecule has 0 unspecified atom stereocenters. The molecule has 3 nitrogen and oxygen atoms in total. The summed E-state index contributed by atoms with van der Waals surface area (Å²) in [4.78, 5) is 8.89. The van der Waals surface area contributed by atoms with Crippen molar-refractivity contribution < 1.29 is 0 Å². The maximum atomic E-state index is 6.12.